The first kappa shape index (κ1) is 8.82. The van der Waals surface area contributed by atoms with Crippen molar-refractivity contribution >= 4 is 23.2 Å². The van der Waals surface area contributed by atoms with Crippen molar-refractivity contribution in [2.75, 3.05) is 5.75 Å². The van der Waals surface area contributed by atoms with E-state index in [4.69, 9.17) is 0 Å². The molecule has 0 saturated heterocycles. The summed E-state index contributed by atoms with van der Waals surface area (Å²) in [5.74, 6) is 0.865. The fourth-order valence-corrected chi connectivity index (χ4v) is 2.44. The molecule has 0 radical (unpaired) electrons. The Hall–Kier alpha value is -0.760. The van der Waals surface area contributed by atoms with Crippen molar-refractivity contribution in [1.82, 2.24) is 0 Å². The zero-order valence-electron chi connectivity index (χ0n) is 7.73. The molecule has 0 saturated carbocycles. The van der Waals surface area contributed by atoms with E-state index in [9.17, 15) is 4.39 Å². The van der Waals surface area contributed by atoms with Crippen LogP contribution in [0.2, 0.25) is 0 Å². The summed E-state index contributed by atoms with van der Waals surface area (Å²) in [6.45, 7) is 3.80. The quantitative estimate of drug-likeness (QED) is 0.606. The number of hydrogen-bond acceptors (Lipinski definition) is 1. The summed E-state index contributed by atoms with van der Waals surface area (Å²) in [4.78, 5) is 0. The molecular formula is C11H11FS. The van der Waals surface area contributed by atoms with Crippen molar-refractivity contribution in [3.63, 3.8) is 0 Å². The second-order valence-electron chi connectivity index (χ2n) is 3.28. The SMILES string of the molecule is Cc1cc(F)c(C)c2c1=CSCC=2. The number of halogens is 1. The topological polar surface area (TPSA) is 0 Å². The third-order valence-corrected chi connectivity index (χ3v) is 3.17. The smallest absolute Gasteiger partial charge is 0.127 e. The van der Waals surface area contributed by atoms with E-state index in [2.05, 4.69) is 11.5 Å². The van der Waals surface area contributed by atoms with Crippen LogP contribution in [0, 0.1) is 19.7 Å². The highest BCUT2D eigenvalue weighted by Gasteiger charge is 2.04. The van der Waals surface area contributed by atoms with Crippen molar-refractivity contribution in [2.45, 2.75) is 13.8 Å². The van der Waals surface area contributed by atoms with E-state index in [1.165, 1.54) is 5.22 Å². The second kappa shape index (κ2) is 3.18. The van der Waals surface area contributed by atoms with Crippen molar-refractivity contribution in [1.29, 1.82) is 0 Å². The standard InChI is InChI=1S/C11H11FS/c1-7-5-11(12)8(2)9-3-4-13-6-10(7)9/h3,5-6H,4H2,1-2H3. The molecular weight excluding hydrogens is 183 g/mol. The molecule has 0 bridgehead atoms. The number of rotatable bonds is 0. The predicted molar refractivity (Wildman–Crippen MR) is 56.5 cm³/mol. The lowest BCUT2D eigenvalue weighted by Gasteiger charge is -2.06. The number of aryl methyl sites for hydroxylation is 1. The van der Waals surface area contributed by atoms with E-state index < -0.39 is 0 Å². The molecule has 1 aliphatic heterocycles. The molecule has 0 fully saturated rings. The van der Waals surface area contributed by atoms with Crippen LogP contribution >= 0.6 is 11.8 Å². The van der Waals surface area contributed by atoms with E-state index >= 15 is 0 Å². The van der Waals surface area contributed by atoms with Gasteiger partial charge in [-0.15, -0.1) is 11.8 Å². The Bertz CT molecular complexity index is 460. The average Bonchev–Trinajstić information content (AvgIpc) is 2.15. The van der Waals surface area contributed by atoms with E-state index in [-0.39, 0.29) is 5.82 Å². The molecule has 13 heavy (non-hydrogen) atoms. The van der Waals surface area contributed by atoms with Crippen molar-refractivity contribution < 1.29 is 4.39 Å². The highest BCUT2D eigenvalue weighted by Crippen LogP contribution is 2.07. The van der Waals surface area contributed by atoms with Gasteiger partial charge in [-0.3, -0.25) is 0 Å². The Balaban J connectivity index is 2.95. The molecule has 1 heterocycles. The minimum absolute atomic E-state index is 0.0900. The van der Waals surface area contributed by atoms with E-state index in [1.54, 1.807) is 17.8 Å². The molecule has 0 amide bonds. The number of fused-ring (bicyclic) bond motifs is 1. The van der Waals surface area contributed by atoms with Crippen LogP contribution in [-0.4, -0.2) is 5.75 Å². The predicted octanol–water partition coefficient (Wildman–Crippen LogP) is 1.71. The maximum atomic E-state index is 13.3. The molecule has 0 nitrogen and oxygen atoms in total. The van der Waals surface area contributed by atoms with Gasteiger partial charge in [0.25, 0.3) is 0 Å². The van der Waals surface area contributed by atoms with Crippen LogP contribution < -0.4 is 10.4 Å². The number of hydrogen-bond donors (Lipinski definition) is 0. The van der Waals surface area contributed by atoms with Crippen molar-refractivity contribution in [3.8, 4) is 0 Å². The van der Waals surface area contributed by atoms with Gasteiger partial charge in [0, 0.05) is 5.75 Å². The normalized spacial score (nSPS) is 14.4. The summed E-state index contributed by atoms with van der Waals surface area (Å²) in [5.41, 5.74) is 1.80. The summed E-state index contributed by atoms with van der Waals surface area (Å²) >= 11 is 1.76. The summed E-state index contributed by atoms with van der Waals surface area (Å²) < 4.78 is 13.3. The van der Waals surface area contributed by atoms with Gasteiger partial charge >= 0.3 is 0 Å². The molecule has 0 aromatic heterocycles. The van der Waals surface area contributed by atoms with Crippen molar-refractivity contribution in [3.05, 3.63) is 33.4 Å². The lowest BCUT2D eigenvalue weighted by atomic mass is 10.1. The highest BCUT2D eigenvalue weighted by atomic mass is 32.2. The maximum absolute atomic E-state index is 13.3. The molecule has 0 aliphatic carbocycles. The molecule has 0 atom stereocenters. The van der Waals surface area contributed by atoms with Gasteiger partial charge in [-0.25, -0.2) is 4.39 Å². The first-order valence-corrected chi connectivity index (χ1v) is 5.33. The Labute approximate surface area is 81.2 Å². The van der Waals surface area contributed by atoms with Crippen LogP contribution in [0.25, 0.3) is 11.5 Å². The third-order valence-electron chi connectivity index (χ3n) is 2.41. The highest BCUT2D eigenvalue weighted by molar-refractivity contribution is 8.06. The van der Waals surface area contributed by atoms with Gasteiger partial charge in [-0.2, -0.15) is 0 Å². The first-order valence-electron chi connectivity index (χ1n) is 4.28. The zero-order valence-corrected chi connectivity index (χ0v) is 8.54. The Morgan fingerprint density at radius 2 is 2.08 bits per heavy atom. The molecule has 1 aliphatic rings. The molecule has 0 spiro atoms. The van der Waals surface area contributed by atoms with E-state index in [1.807, 2.05) is 13.8 Å². The summed E-state index contributed by atoms with van der Waals surface area (Å²) in [5, 5.41) is 4.39. The van der Waals surface area contributed by atoms with Crippen LogP contribution in [-0.2, 0) is 0 Å². The van der Waals surface area contributed by atoms with Crippen molar-refractivity contribution in [2.24, 2.45) is 0 Å². The minimum Gasteiger partial charge on any atom is -0.207 e. The zero-order chi connectivity index (χ0) is 9.42. The van der Waals surface area contributed by atoms with Gasteiger partial charge < -0.3 is 0 Å². The van der Waals surface area contributed by atoms with Crippen LogP contribution in [0.15, 0.2) is 6.07 Å². The van der Waals surface area contributed by atoms with Crippen LogP contribution in [0.4, 0.5) is 4.39 Å². The van der Waals surface area contributed by atoms with Gasteiger partial charge in [0.05, 0.1) is 0 Å². The molecule has 1 aromatic rings. The minimum atomic E-state index is -0.0900. The van der Waals surface area contributed by atoms with Gasteiger partial charge in [0.2, 0.25) is 0 Å². The lowest BCUT2D eigenvalue weighted by Crippen LogP contribution is -2.32. The molecule has 1 aromatic carbocycles. The van der Waals surface area contributed by atoms with E-state index in [0.717, 1.165) is 22.1 Å². The lowest BCUT2D eigenvalue weighted by molar-refractivity contribution is 0.615. The summed E-state index contributed by atoms with van der Waals surface area (Å²) in [6.07, 6.45) is 2.10. The molecule has 2 rings (SSSR count). The van der Waals surface area contributed by atoms with Crippen LogP contribution in [0.3, 0.4) is 0 Å². The maximum Gasteiger partial charge on any atom is 0.127 e. The van der Waals surface area contributed by atoms with Crippen LogP contribution in [0.5, 0.6) is 0 Å². The molecule has 2 heteroatoms. The molecule has 0 N–H and O–H groups in total. The summed E-state index contributed by atoms with van der Waals surface area (Å²) in [7, 11) is 0. The Morgan fingerprint density at radius 1 is 1.31 bits per heavy atom. The number of thioether (sulfide) groups is 1. The Kier molecular flexibility index (Phi) is 2.16. The third kappa shape index (κ3) is 1.39. The second-order valence-corrected chi connectivity index (χ2v) is 4.19. The fourth-order valence-electron chi connectivity index (χ4n) is 1.60. The largest absolute Gasteiger partial charge is 0.207 e. The van der Waals surface area contributed by atoms with E-state index in [0.29, 0.717) is 0 Å². The van der Waals surface area contributed by atoms with Gasteiger partial charge in [0.1, 0.15) is 5.82 Å². The first-order chi connectivity index (χ1) is 6.20. The summed E-state index contributed by atoms with van der Waals surface area (Å²) in [6, 6.07) is 1.62. The van der Waals surface area contributed by atoms with Gasteiger partial charge in [-0.1, -0.05) is 6.08 Å². The Morgan fingerprint density at radius 3 is 2.85 bits per heavy atom. The van der Waals surface area contributed by atoms with Gasteiger partial charge in [-0.05, 0) is 46.9 Å². The van der Waals surface area contributed by atoms with Crippen LogP contribution in [0.1, 0.15) is 11.1 Å². The average molecular weight is 194 g/mol. The van der Waals surface area contributed by atoms with Gasteiger partial charge in [0.15, 0.2) is 0 Å². The number of benzene rings is 1. The molecule has 68 valence electrons. The molecule has 0 unspecified atom stereocenters. The monoisotopic (exact) mass is 194 g/mol. The fraction of sp³-hybridized carbons (Fsp3) is 0.273.